The third-order valence-corrected chi connectivity index (χ3v) is 4.57. The molecular formula is C12H20N6O2S. The van der Waals surface area contributed by atoms with Gasteiger partial charge in [0.15, 0.2) is 5.03 Å². The van der Waals surface area contributed by atoms with E-state index in [0.29, 0.717) is 31.0 Å². The number of aryl methyl sites for hydroxylation is 2. The van der Waals surface area contributed by atoms with Crippen LogP contribution in [0.2, 0.25) is 0 Å². The summed E-state index contributed by atoms with van der Waals surface area (Å²) in [5.41, 5.74) is 0. The molecule has 0 saturated heterocycles. The fourth-order valence-electron chi connectivity index (χ4n) is 2.02. The molecule has 0 aromatic carbocycles. The van der Waals surface area contributed by atoms with E-state index < -0.39 is 16.1 Å². The fourth-order valence-corrected chi connectivity index (χ4v) is 3.23. The Labute approximate surface area is 124 Å². The van der Waals surface area contributed by atoms with E-state index in [1.807, 2.05) is 20.8 Å². The zero-order valence-corrected chi connectivity index (χ0v) is 13.2. The normalized spacial score (nSPS) is 13.5. The second-order valence-corrected chi connectivity index (χ2v) is 6.25. The van der Waals surface area contributed by atoms with E-state index in [4.69, 9.17) is 0 Å². The summed E-state index contributed by atoms with van der Waals surface area (Å²) in [5, 5.41) is 4.14. The number of hydrogen-bond donors (Lipinski definition) is 2. The summed E-state index contributed by atoms with van der Waals surface area (Å²) in [6, 6.07) is -0.425. The predicted octanol–water partition coefficient (Wildman–Crippen LogP) is 1.01. The molecular weight excluding hydrogens is 292 g/mol. The minimum absolute atomic E-state index is 0.0698. The summed E-state index contributed by atoms with van der Waals surface area (Å²) in [4.78, 5) is 11.0. The maximum Gasteiger partial charge on any atom is 0.258 e. The monoisotopic (exact) mass is 312 g/mol. The van der Waals surface area contributed by atoms with E-state index in [9.17, 15) is 8.42 Å². The average molecular weight is 312 g/mol. The smallest absolute Gasteiger partial charge is 0.258 e. The highest BCUT2D eigenvalue weighted by molar-refractivity contribution is 7.89. The molecule has 0 aliphatic carbocycles. The van der Waals surface area contributed by atoms with Gasteiger partial charge in [0.05, 0.1) is 12.2 Å². The summed E-state index contributed by atoms with van der Waals surface area (Å²) in [5.74, 6) is 1.25. The lowest BCUT2D eigenvalue weighted by molar-refractivity contribution is 0.501. The number of aromatic amines is 1. The van der Waals surface area contributed by atoms with Crippen molar-refractivity contribution in [2.75, 3.05) is 0 Å². The number of aromatic nitrogens is 5. The Bertz CT molecular complexity index is 690. The maximum absolute atomic E-state index is 12.4. The Balaban J connectivity index is 2.25. The van der Waals surface area contributed by atoms with Crippen molar-refractivity contribution in [3.05, 3.63) is 24.2 Å². The molecule has 1 atom stereocenters. The van der Waals surface area contributed by atoms with Crippen LogP contribution in [0.4, 0.5) is 0 Å². The highest BCUT2D eigenvalue weighted by Gasteiger charge is 2.25. The molecule has 0 aliphatic rings. The molecule has 1 unspecified atom stereocenters. The first-order valence-electron chi connectivity index (χ1n) is 6.95. The van der Waals surface area contributed by atoms with Crippen molar-refractivity contribution in [1.82, 2.24) is 29.5 Å². The van der Waals surface area contributed by atoms with Gasteiger partial charge in [-0.2, -0.15) is 9.82 Å². The predicted molar refractivity (Wildman–Crippen MR) is 77.0 cm³/mol. The first-order chi connectivity index (χ1) is 10.0. The summed E-state index contributed by atoms with van der Waals surface area (Å²) in [6.45, 7) is 6.37. The Morgan fingerprint density at radius 3 is 2.67 bits per heavy atom. The molecule has 0 radical (unpaired) electrons. The molecule has 2 rings (SSSR count). The molecule has 0 amide bonds. The van der Waals surface area contributed by atoms with Crippen molar-refractivity contribution < 1.29 is 8.42 Å². The van der Waals surface area contributed by atoms with Crippen LogP contribution in [0, 0.1) is 0 Å². The van der Waals surface area contributed by atoms with Gasteiger partial charge in [0.2, 0.25) is 0 Å². The molecule has 0 bridgehead atoms. The highest BCUT2D eigenvalue weighted by Crippen LogP contribution is 2.17. The number of hydrogen-bond acceptors (Lipinski definition) is 5. The highest BCUT2D eigenvalue weighted by atomic mass is 32.2. The van der Waals surface area contributed by atoms with Gasteiger partial charge in [-0.15, -0.1) is 0 Å². The first-order valence-corrected chi connectivity index (χ1v) is 8.44. The fraction of sp³-hybridized carbons (Fsp3) is 0.583. The van der Waals surface area contributed by atoms with Crippen LogP contribution in [-0.4, -0.2) is 33.2 Å². The zero-order chi connectivity index (χ0) is 15.5. The van der Waals surface area contributed by atoms with Crippen LogP contribution in [0.25, 0.3) is 0 Å². The second kappa shape index (κ2) is 6.35. The van der Waals surface area contributed by atoms with Crippen LogP contribution in [0.5, 0.6) is 0 Å². The van der Waals surface area contributed by atoms with Crippen LogP contribution in [0.1, 0.15) is 44.9 Å². The number of sulfonamides is 1. The number of imidazole rings is 1. The number of rotatable bonds is 7. The molecule has 21 heavy (non-hydrogen) atoms. The van der Waals surface area contributed by atoms with E-state index in [2.05, 4.69) is 24.8 Å². The van der Waals surface area contributed by atoms with E-state index in [1.165, 1.54) is 12.5 Å². The minimum Gasteiger partial charge on any atom is -0.332 e. The van der Waals surface area contributed by atoms with E-state index in [1.54, 1.807) is 4.68 Å². The Morgan fingerprint density at radius 2 is 2.10 bits per heavy atom. The molecule has 8 nitrogen and oxygen atoms in total. The molecule has 0 spiro atoms. The van der Waals surface area contributed by atoms with Gasteiger partial charge in [-0.3, -0.25) is 0 Å². The lowest BCUT2D eigenvalue weighted by Gasteiger charge is -2.16. The van der Waals surface area contributed by atoms with Gasteiger partial charge in [-0.25, -0.2) is 23.1 Å². The largest absolute Gasteiger partial charge is 0.332 e. The van der Waals surface area contributed by atoms with E-state index in [-0.39, 0.29) is 5.03 Å². The quantitative estimate of drug-likeness (QED) is 0.794. The number of nitrogens with one attached hydrogen (secondary N) is 2. The van der Waals surface area contributed by atoms with Crippen LogP contribution >= 0.6 is 0 Å². The van der Waals surface area contributed by atoms with Crippen molar-refractivity contribution in [3.63, 3.8) is 0 Å². The van der Waals surface area contributed by atoms with Crippen LogP contribution < -0.4 is 4.72 Å². The Hall–Kier alpha value is -1.74. The summed E-state index contributed by atoms with van der Waals surface area (Å²) in [7, 11) is -3.66. The van der Waals surface area contributed by atoms with Gasteiger partial charge in [0, 0.05) is 13.0 Å². The third kappa shape index (κ3) is 3.30. The van der Waals surface area contributed by atoms with Gasteiger partial charge in [-0.1, -0.05) is 13.8 Å². The zero-order valence-electron chi connectivity index (χ0n) is 12.4. The Kier molecular flexibility index (Phi) is 4.73. The third-order valence-electron chi connectivity index (χ3n) is 3.19. The first kappa shape index (κ1) is 15.6. The number of H-pyrrole nitrogens is 1. The maximum atomic E-state index is 12.4. The molecule has 116 valence electrons. The second-order valence-electron chi connectivity index (χ2n) is 4.56. The molecule has 2 aromatic rings. The summed E-state index contributed by atoms with van der Waals surface area (Å²) < 4.78 is 29.1. The molecule has 2 heterocycles. The van der Waals surface area contributed by atoms with Gasteiger partial charge < -0.3 is 4.98 Å². The lowest BCUT2D eigenvalue weighted by Crippen LogP contribution is -2.30. The van der Waals surface area contributed by atoms with Gasteiger partial charge >= 0.3 is 0 Å². The van der Waals surface area contributed by atoms with Crippen molar-refractivity contribution in [2.45, 2.75) is 51.2 Å². The standard InChI is InChI=1S/C12H20N6O2S/c1-4-9(12-14-8-15-18(12)6-3)17-21(19,20)11-7-13-10(5-2)16-11/h7-9,17H,4-6H2,1-3H3,(H,13,16). The van der Waals surface area contributed by atoms with E-state index >= 15 is 0 Å². The molecule has 0 fully saturated rings. The van der Waals surface area contributed by atoms with Crippen molar-refractivity contribution in [1.29, 1.82) is 0 Å². The van der Waals surface area contributed by atoms with Gasteiger partial charge in [0.1, 0.15) is 18.0 Å². The lowest BCUT2D eigenvalue weighted by atomic mass is 10.2. The topological polar surface area (TPSA) is 106 Å². The summed E-state index contributed by atoms with van der Waals surface area (Å²) >= 11 is 0. The Morgan fingerprint density at radius 1 is 1.33 bits per heavy atom. The number of nitrogens with zero attached hydrogens (tertiary/aromatic N) is 4. The van der Waals surface area contributed by atoms with E-state index in [0.717, 1.165) is 0 Å². The van der Waals surface area contributed by atoms with Crippen molar-refractivity contribution in [2.24, 2.45) is 0 Å². The van der Waals surface area contributed by atoms with Crippen LogP contribution in [0.3, 0.4) is 0 Å². The van der Waals surface area contributed by atoms with Crippen LogP contribution in [0.15, 0.2) is 17.6 Å². The van der Waals surface area contributed by atoms with Crippen LogP contribution in [-0.2, 0) is 23.0 Å². The molecule has 0 aliphatic heterocycles. The van der Waals surface area contributed by atoms with Crippen molar-refractivity contribution >= 4 is 10.0 Å². The minimum atomic E-state index is -3.66. The molecule has 2 aromatic heterocycles. The average Bonchev–Trinajstić information content (AvgIpc) is 3.13. The molecule has 9 heteroatoms. The molecule has 0 saturated carbocycles. The summed E-state index contributed by atoms with van der Waals surface area (Å²) in [6.07, 6.45) is 3.99. The van der Waals surface area contributed by atoms with Crippen molar-refractivity contribution in [3.8, 4) is 0 Å². The molecule has 2 N–H and O–H groups in total. The SMILES string of the molecule is CCc1ncc(S(=O)(=O)NC(CC)c2ncnn2CC)[nH]1. The van der Waals surface area contributed by atoms with Gasteiger partial charge in [-0.05, 0) is 13.3 Å². The van der Waals surface area contributed by atoms with Gasteiger partial charge in [0.25, 0.3) is 10.0 Å².